The molecule has 0 amide bonds. The molecule has 1 heterocycles. The lowest BCUT2D eigenvalue weighted by molar-refractivity contribution is 0.0936. The maximum Gasteiger partial charge on any atom is 0.178 e. The Kier molecular flexibility index (Phi) is 3.71. The third kappa shape index (κ3) is 2.67. The third-order valence-corrected chi connectivity index (χ3v) is 3.93. The van der Waals surface area contributed by atoms with Crippen LogP contribution < -0.4 is 9.47 Å². The zero-order valence-electron chi connectivity index (χ0n) is 11.5. The Balaban J connectivity index is 1.85. The van der Waals surface area contributed by atoms with E-state index in [0.717, 1.165) is 11.3 Å². The lowest BCUT2D eigenvalue weighted by atomic mass is 9.89. The van der Waals surface area contributed by atoms with Crippen molar-refractivity contribution >= 4 is 23.1 Å². The van der Waals surface area contributed by atoms with Crippen molar-refractivity contribution < 1.29 is 14.3 Å². The van der Waals surface area contributed by atoms with Gasteiger partial charge in [-0.15, -0.1) is 0 Å². The lowest BCUT2D eigenvalue weighted by Crippen LogP contribution is -2.33. The molecule has 0 saturated carbocycles. The minimum atomic E-state index is -0.414. The number of para-hydroxylation sites is 1. The van der Waals surface area contributed by atoms with Crippen LogP contribution in [0.1, 0.15) is 15.9 Å². The third-order valence-electron chi connectivity index (χ3n) is 3.56. The molecule has 0 radical (unpaired) electrons. The number of ketones is 1. The van der Waals surface area contributed by atoms with Crippen LogP contribution in [0.5, 0.6) is 11.5 Å². The van der Waals surface area contributed by atoms with Crippen LogP contribution in [0.3, 0.4) is 0 Å². The number of ether oxygens (including phenoxy) is 2. The second-order valence-corrected chi connectivity index (χ2v) is 5.29. The molecule has 0 saturated heterocycles. The van der Waals surface area contributed by atoms with Gasteiger partial charge in [0.05, 0.1) is 18.6 Å². The molecule has 0 spiro atoms. The standard InChI is InChI=1S/C17H14O3S/c1-19-12-8-6-11(7-9-12)10-14-16(18)13-4-2-3-5-15(13)20-17(14)21/h2-9,14H,10H2,1H3. The van der Waals surface area contributed by atoms with Crippen molar-refractivity contribution in [3.05, 3.63) is 59.7 Å². The Labute approximate surface area is 128 Å². The van der Waals surface area contributed by atoms with Crippen LogP contribution >= 0.6 is 12.2 Å². The molecular weight excluding hydrogens is 284 g/mol. The monoisotopic (exact) mass is 298 g/mol. The first-order chi connectivity index (χ1) is 10.2. The van der Waals surface area contributed by atoms with Crippen molar-refractivity contribution in [1.29, 1.82) is 0 Å². The fourth-order valence-electron chi connectivity index (χ4n) is 2.41. The second kappa shape index (κ2) is 5.66. The summed E-state index contributed by atoms with van der Waals surface area (Å²) >= 11 is 5.26. The molecule has 2 aromatic carbocycles. The van der Waals surface area contributed by atoms with E-state index in [2.05, 4.69) is 0 Å². The quantitative estimate of drug-likeness (QED) is 0.813. The summed E-state index contributed by atoms with van der Waals surface area (Å²) in [6.07, 6.45) is 0.538. The summed E-state index contributed by atoms with van der Waals surface area (Å²) < 4.78 is 10.7. The predicted molar refractivity (Wildman–Crippen MR) is 84.2 cm³/mol. The first kappa shape index (κ1) is 13.8. The van der Waals surface area contributed by atoms with Gasteiger partial charge in [0.2, 0.25) is 0 Å². The largest absolute Gasteiger partial charge is 0.497 e. The molecule has 0 bridgehead atoms. The topological polar surface area (TPSA) is 35.5 Å². The van der Waals surface area contributed by atoms with E-state index in [1.165, 1.54) is 0 Å². The molecule has 0 aromatic heterocycles. The normalized spacial score (nSPS) is 17.1. The molecule has 0 N–H and O–H groups in total. The van der Waals surface area contributed by atoms with Crippen molar-refractivity contribution in [2.75, 3.05) is 7.11 Å². The molecule has 0 fully saturated rings. The van der Waals surface area contributed by atoms with E-state index in [9.17, 15) is 4.79 Å². The molecule has 1 aliphatic rings. The van der Waals surface area contributed by atoms with Gasteiger partial charge in [-0.3, -0.25) is 4.79 Å². The Morgan fingerprint density at radius 1 is 1.14 bits per heavy atom. The van der Waals surface area contributed by atoms with E-state index in [4.69, 9.17) is 21.7 Å². The van der Waals surface area contributed by atoms with Crippen molar-refractivity contribution in [2.45, 2.75) is 6.42 Å². The first-order valence-electron chi connectivity index (χ1n) is 6.67. The fourth-order valence-corrected chi connectivity index (χ4v) is 2.69. The van der Waals surface area contributed by atoms with Crippen molar-refractivity contribution in [1.82, 2.24) is 0 Å². The molecule has 1 aliphatic heterocycles. The summed E-state index contributed by atoms with van der Waals surface area (Å²) in [6, 6.07) is 14.8. The van der Waals surface area contributed by atoms with E-state index in [-0.39, 0.29) is 5.78 Å². The summed E-state index contributed by atoms with van der Waals surface area (Å²) in [5.74, 6) is 0.956. The number of benzene rings is 2. The van der Waals surface area contributed by atoms with Crippen LogP contribution in [0, 0.1) is 5.92 Å². The second-order valence-electron chi connectivity index (χ2n) is 4.89. The molecule has 106 valence electrons. The maximum atomic E-state index is 12.6. The van der Waals surface area contributed by atoms with Crippen molar-refractivity contribution in [3.8, 4) is 11.5 Å². The number of methoxy groups -OCH3 is 1. The average molecular weight is 298 g/mol. The highest BCUT2D eigenvalue weighted by Crippen LogP contribution is 2.30. The predicted octanol–water partition coefficient (Wildman–Crippen LogP) is 3.46. The van der Waals surface area contributed by atoms with E-state index < -0.39 is 5.92 Å². The molecule has 2 aromatic rings. The van der Waals surface area contributed by atoms with Gasteiger partial charge >= 0.3 is 0 Å². The minimum Gasteiger partial charge on any atom is -0.497 e. The molecule has 1 unspecified atom stereocenters. The van der Waals surface area contributed by atoms with Crippen molar-refractivity contribution in [2.24, 2.45) is 5.92 Å². The number of fused-ring (bicyclic) bond motifs is 1. The number of carbonyl (C=O) groups is 1. The Morgan fingerprint density at radius 3 is 2.57 bits per heavy atom. The number of hydrogen-bond donors (Lipinski definition) is 0. The van der Waals surface area contributed by atoms with Gasteiger partial charge in [-0.05, 0) is 48.5 Å². The highest BCUT2D eigenvalue weighted by molar-refractivity contribution is 7.80. The summed E-state index contributed by atoms with van der Waals surface area (Å²) in [5.41, 5.74) is 1.63. The van der Waals surface area contributed by atoms with Crippen LogP contribution in [0.4, 0.5) is 0 Å². The molecule has 21 heavy (non-hydrogen) atoms. The van der Waals surface area contributed by atoms with Gasteiger partial charge in [0.15, 0.2) is 10.8 Å². The van der Waals surface area contributed by atoms with Gasteiger partial charge in [-0.2, -0.15) is 0 Å². The van der Waals surface area contributed by atoms with Gasteiger partial charge in [-0.1, -0.05) is 24.3 Å². The SMILES string of the molecule is COc1ccc(CC2C(=O)c3ccccc3OC2=S)cc1. The minimum absolute atomic E-state index is 0.0256. The van der Waals surface area contributed by atoms with Crippen LogP contribution in [0.25, 0.3) is 0 Å². The van der Waals surface area contributed by atoms with Gasteiger partial charge in [0, 0.05) is 0 Å². The first-order valence-corrected chi connectivity index (χ1v) is 7.07. The zero-order valence-corrected chi connectivity index (χ0v) is 12.4. The van der Waals surface area contributed by atoms with E-state index in [0.29, 0.717) is 22.8 Å². The van der Waals surface area contributed by atoms with Gasteiger partial charge < -0.3 is 9.47 Å². The average Bonchev–Trinajstić information content (AvgIpc) is 2.52. The summed E-state index contributed by atoms with van der Waals surface area (Å²) in [7, 11) is 1.62. The number of rotatable bonds is 3. The number of carbonyl (C=O) groups excluding carboxylic acids is 1. The Bertz CT molecular complexity index is 691. The number of hydrogen-bond acceptors (Lipinski definition) is 4. The van der Waals surface area contributed by atoms with Crippen LogP contribution in [0.2, 0.25) is 0 Å². The molecule has 3 nitrogen and oxygen atoms in total. The van der Waals surface area contributed by atoms with Crippen LogP contribution in [-0.4, -0.2) is 17.9 Å². The Morgan fingerprint density at radius 2 is 1.86 bits per heavy atom. The molecular formula is C17H14O3S. The van der Waals surface area contributed by atoms with Crippen LogP contribution in [-0.2, 0) is 6.42 Å². The lowest BCUT2D eigenvalue weighted by Gasteiger charge is -2.24. The zero-order chi connectivity index (χ0) is 14.8. The van der Waals surface area contributed by atoms with E-state index in [1.54, 1.807) is 19.2 Å². The highest BCUT2D eigenvalue weighted by atomic mass is 32.1. The molecule has 1 atom stereocenters. The van der Waals surface area contributed by atoms with Crippen LogP contribution in [0.15, 0.2) is 48.5 Å². The summed E-state index contributed by atoms with van der Waals surface area (Å²) in [5, 5.41) is 0.342. The van der Waals surface area contributed by atoms with Crippen molar-refractivity contribution in [3.63, 3.8) is 0 Å². The maximum absolute atomic E-state index is 12.6. The van der Waals surface area contributed by atoms with E-state index in [1.807, 2.05) is 36.4 Å². The number of thiocarbonyl (C=S) groups is 1. The van der Waals surface area contributed by atoms with E-state index >= 15 is 0 Å². The summed E-state index contributed by atoms with van der Waals surface area (Å²) in [4.78, 5) is 12.6. The van der Waals surface area contributed by atoms with Gasteiger partial charge in [0.1, 0.15) is 11.5 Å². The molecule has 4 heteroatoms. The van der Waals surface area contributed by atoms with Gasteiger partial charge in [-0.25, -0.2) is 0 Å². The van der Waals surface area contributed by atoms with Gasteiger partial charge in [0.25, 0.3) is 0 Å². The Hall–Kier alpha value is -2.20. The molecule has 0 aliphatic carbocycles. The highest BCUT2D eigenvalue weighted by Gasteiger charge is 2.33. The smallest absolute Gasteiger partial charge is 0.178 e. The number of Topliss-reactive ketones (excluding diaryl/α,β-unsaturated/α-hetero) is 1. The summed E-state index contributed by atoms with van der Waals surface area (Å²) in [6.45, 7) is 0. The molecule has 3 rings (SSSR count). The fraction of sp³-hybridized carbons (Fsp3) is 0.176.